The summed E-state index contributed by atoms with van der Waals surface area (Å²) in [6.45, 7) is 3.96. The number of aromatic nitrogens is 1. The van der Waals surface area contributed by atoms with E-state index in [1.54, 1.807) is 20.1 Å². The van der Waals surface area contributed by atoms with Gasteiger partial charge >= 0.3 is 5.97 Å². The number of aromatic hydroxyl groups is 1. The summed E-state index contributed by atoms with van der Waals surface area (Å²) >= 11 is 0. The highest BCUT2D eigenvalue weighted by molar-refractivity contribution is 6.16. The van der Waals surface area contributed by atoms with Gasteiger partial charge in [0.1, 0.15) is 11.5 Å². The molecule has 1 N–H and O–H groups in total. The van der Waals surface area contributed by atoms with Crippen molar-refractivity contribution in [2.24, 2.45) is 0 Å². The van der Waals surface area contributed by atoms with E-state index in [4.69, 9.17) is 9.47 Å². The minimum atomic E-state index is -0.396. The van der Waals surface area contributed by atoms with Crippen LogP contribution in [0.5, 0.6) is 11.5 Å². The van der Waals surface area contributed by atoms with Crippen LogP contribution in [0.4, 0.5) is 0 Å². The van der Waals surface area contributed by atoms with Crippen LogP contribution in [0, 0.1) is 6.92 Å². The SMILES string of the molecule is CCOC(=O)c1c(C)n(-c2ccc(OC)cc2)c2c1cc(O)c1ccccc12. The summed E-state index contributed by atoms with van der Waals surface area (Å²) in [5, 5.41) is 12.8. The molecule has 4 rings (SSSR count). The van der Waals surface area contributed by atoms with Crippen molar-refractivity contribution < 1.29 is 19.4 Å². The molecule has 0 saturated heterocycles. The summed E-state index contributed by atoms with van der Waals surface area (Å²) in [4.78, 5) is 12.7. The van der Waals surface area contributed by atoms with Gasteiger partial charge in [-0.1, -0.05) is 24.3 Å². The number of fused-ring (bicyclic) bond motifs is 3. The Bertz CT molecular complexity index is 1190. The molecular weight excluding hydrogens is 354 g/mol. The number of rotatable bonds is 4. The van der Waals surface area contributed by atoms with Crippen LogP contribution in [-0.2, 0) is 4.74 Å². The highest BCUT2D eigenvalue weighted by Crippen LogP contribution is 2.39. The molecule has 0 unspecified atom stereocenters. The second kappa shape index (κ2) is 6.93. The van der Waals surface area contributed by atoms with Crippen molar-refractivity contribution in [2.75, 3.05) is 13.7 Å². The highest BCUT2D eigenvalue weighted by atomic mass is 16.5. The molecule has 5 heteroatoms. The van der Waals surface area contributed by atoms with E-state index in [1.165, 1.54) is 0 Å². The van der Waals surface area contributed by atoms with Crippen molar-refractivity contribution in [3.05, 3.63) is 65.9 Å². The van der Waals surface area contributed by atoms with Crippen LogP contribution < -0.4 is 4.74 Å². The predicted octanol–water partition coefficient (Wildman–Crippen LogP) is 4.98. The van der Waals surface area contributed by atoms with E-state index in [0.29, 0.717) is 10.9 Å². The fraction of sp³-hybridized carbons (Fsp3) is 0.174. The number of benzene rings is 3. The van der Waals surface area contributed by atoms with Crippen LogP contribution in [0.15, 0.2) is 54.6 Å². The van der Waals surface area contributed by atoms with Crippen LogP contribution in [0.2, 0.25) is 0 Å². The second-order valence-electron chi connectivity index (χ2n) is 6.55. The Morgan fingerprint density at radius 1 is 1.04 bits per heavy atom. The summed E-state index contributed by atoms with van der Waals surface area (Å²) in [6.07, 6.45) is 0. The lowest BCUT2D eigenvalue weighted by atomic mass is 10.0. The smallest absolute Gasteiger partial charge is 0.340 e. The quantitative estimate of drug-likeness (QED) is 0.511. The lowest BCUT2D eigenvalue weighted by molar-refractivity contribution is 0.0527. The number of hydrogen-bond acceptors (Lipinski definition) is 4. The van der Waals surface area contributed by atoms with E-state index in [-0.39, 0.29) is 12.4 Å². The maximum absolute atomic E-state index is 12.7. The summed E-state index contributed by atoms with van der Waals surface area (Å²) in [5.74, 6) is 0.499. The number of nitrogens with zero attached hydrogens (tertiary/aromatic N) is 1. The normalized spacial score (nSPS) is 11.1. The molecule has 28 heavy (non-hydrogen) atoms. The third-order valence-electron chi connectivity index (χ3n) is 4.99. The molecule has 0 aliphatic rings. The number of phenolic OH excluding ortho intramolecular Hbond substituents is 1. The number of ether oxygens (including phenoxy) is 2. The molecule has 0 bridgehead atoms. The largest absolute Gasteiger partial charge is 0.507 e. The van der Waals surface area contributed by atoms with Gasteiger partial charge in [-0.2, -0.15) is 0 Å². The molecule has 0 radical (unpaired) electrons. The molecule has 0 spiro atoms. The molecule has 0 aliphatic carbocycles. The Hall–Kier alpha value is -3.47. The standard InChI is InChI=1S/C23H21NO4/c1-4-28-23(26)21-14(2)24(15-9-11-16(27-3)12-10-15)22-18-8-6-5-7-17(18)20(25)13-19(21)22/h5-13,25H,4H2,1-3H3. The van der Waals surface area contributed by atoms with E-state index in [2.05, 4.69) is 0 Å². The summed E-state index contributed by atoms with van der Waals surface area (Å²) in [6, 6.07) is 16.9. The molecule has 0 atom stereocenters. The number of phenols is 1. The molecule has 4 aromatic rings. The molecule has 0 saturated carbocycles. The van der Waals surface area contributed by atoms with Crippen LogP contribution >= 0.6 is 0 Å². The van der Waals surface area contributed by atoms with Gasteiger partial charge in [-0.3, -0.25) is 0 Å². The molecule has 3 aromatic carbocycles. The highest BCUT2D eigenvalue weighted by Gasteiger charge is 2.24. The van der Waals surface area contributed by atoms with Crippen molar-refractivity contribution in [1.82, 2.24) is 4.57 Å². The van der Waals surface area contributed by atoms with Gasteiger partial charge < -0.3 is 19.1 Å². The first-order chi connectivity index (χ1) is 13.6. The monoisotopic (exact) mass is 375 g/mol. The van der Waals surface area contributed by atoms with E-state index in [1.807, 2.05) is 60.0 Å². The first kappa shape index (κ1) is 17.9. The van der Waals surface area contributed by atoms with E-state index < -0.39 is 5.97 Å². The maximum atomic E-state index is 12.7. The Balaban J connectivity index is 2.14. The lowest BCUT2D eigenvalue weighted by Gasteiger charge is -2.12. The topological polar surface area (TPSA) is 60.7 Å². The van der Waals surface area contributed by atoms with Crippen molar-refractivity contribution in [3.8, 4) is 17.2 Å². The van der Waals surface area contributed by atoms with Crippen LogP contribution in [0.25, 0.3) is 27.4 Å². The van der Waals surface area contributed by atoms with E-state index >= 15 is 0 Å². The number of hydrogen-bond donors (Lipinski definition) is 1. The molecule has 142 valence electrons. The zero-order chi connectivity index (χ0) is 19.8. The number of carbonyl (C=O) groups is 1. The van der Waals surface area contributed by atoms with E-state index in [0.717, 1.165) is 33.4 Å². The minimum Gasteiger partial charge on any atom is -0.507 e. The van der Waals surface area contributed by atoms with Gasteiger partial charge in [-0.05, 0) is 44.2 Å². The molecular formula is C23H21NO4. The van der Waals surface area contributed by atoms with Gasteiger partial charge in [0, 0.05) is 27.5 Å². The number of methoxy groups -OCH3 is 1. The zero-order valence-electron chi connectivity index (χ0n) is 16.0. The Labute approximate surface area is 162 Å². The zero-order valence-corrected chi connectivity index (χ0v) is 16.0. The van der Waals surface area contributed by atoms with Crippen molar-refractivity contribution >= 4 is 27.6 Å². The molecule has 0 fully saturated rings. The van der Waals surface area contributed by atoms with E-state index in [9.17, 15) is 9.90 Å². The minimum absolute atomic E-state index is 0.139. The first-order valence-corrected chi connectivity index (χ1v) is 9.14. The summed E-state index contributed by atoms with van der Waals surface area (Å²) < 4.78 is 12.6. The van der Waals surface area contributed by atoms with Crippen molar-refractivity contribution in [3.63, 3.8) is 0 Å². The molecule has 1 aromatic heterocycles. The fourth-order valence-corrected chi connectivity index (χ4v) is 3.76. The first-order valence-electron chi connectivity index (χ1n) is 9.14. The van der Waals surface area contributed by atoms with Crippen molar-refractivity contribution in [1.29, 1.82) is 0 Å². The maximum Gasteiger partial charge on any atom is 0.340 e. The lowest BCUT2D eigenvalue weighted by Crippen LogP contribution is -2.07. The average molecular weight is 375 g/mol. The van der Waals surface area contributed by atoms with Crippen LogP contribution in [0.3, 0.4) is 0 Å². The van der Waals surface area contributed by atoms with Crippen LogP contribution in [0.1, 0.15) is 23.0 Å². The third-order valence-corrected chi connectivity index (χ3v) is 4.99. The Morgan fingerprint density at radius 2 is 1.71 bits per heavy atom. The third kappa shape index (κ3) is 2.67. The van der Waals surface area contributed by atoms with Gasteiger partial charge in [0.15, 0.2) is 0 Å². The van der Waals surface area contributed by atoms with Gasteiger partial charge in [-0.15, -0.1) is 0 Å². The van der Waals surface area contributed by atoms with Gasteiger partial charge in [0.25, 0.3) is 0 Å². The van der Waals surface area contributed by atoms with Gasteiger partial charge in [0.05, 0.1) is 24.8 Å². The summed E-state index contributed by atoms with van der Waals surface area (Å²) in [5.41, 5.74) is 2.98. The molecule has 1 heterocycles. The Kier molecular flexibility index (Phi) is 4.43. The molecule has 5 nitrogen and oxygen atoms in total. The average Bonchev–Trinajstić information content (AvgIpc) is 3.00. The molecule has 0 aliphatic heterocycles. The van der Waals surface area contributed by atoms with Gasteiger partial charge in [0.2, 0.25) is 0 Å². The van der Waals surface area contributed by atoms with Crippen LogP contribution in [-0.4, -0.2) is 29.4 Å². The van der Waals surface area contributed by atoms with Gasteiger partial charge in [-0.25, -0.2) is 4.79 Å². The Morgan fingerprint density at radius 3 is 2.36 bits per heavy atom. The number of carbonyl (C=O) groups excluding carboxylic acids is 1. The predicted molar refractivity (Wildman–Crippen MR) is 110 cm³/mol. The van der Waals surface area contributed by atoms with Crippen molar-refractivity contribution in [2.45, 2.75) is 13.8 Å². The fourth-order valence-electron chi connectivity index (χ4n) is 3.76. The summed E-state index contributed by atoms with van der Waals surface area (Å²) in [7, 11) is 1.63. The molecule has 0 amide bonds. The second-order valence-corrected chi connectivity index (χ2v) is 6.55. The number of esters is 1.